The van der Waals surface area contributed by atoms with E-state index in [-0.39, 0.29) is 16.2 Å². The van der Waals surface area contributed by atoms with Gasteiger partial charge in [0.2, 0.25) is 0 Å². The molecule has 1 heterocycles. The second-order valence-electron chi connectivity index (χ2n) is 6.88. The minimum absolute atomic E-state index is 0.140. The first kappa shape index (κ1) is 8.07. The van der Waals surface area contributed by atoms with Gasteiger partial charge in [0, 0.05) is 0 Å². The molecule has 2 nitrogen and oxygen atoms in total. The van der Waals surface area contributed by atoms with Gasteiger partial charge in [0.25, 0.3) is 0 Å². The van der Waals surface area contributed by atoms with E-state index in [1.54, 1.807) is 27.7 Å². The lowest BCUT2D eigenvalue weighted by atomic mass is 9.78. The second-order valence-corrected chi connectivity index (χ2v) is 6.88. The molecule has 0 bridgehead atoms. The fourth-order valence-corrected chi connectivity index (χ4v) is 2.43. The Kier molecular flexibility index (Phi) is 1.85. The molecule has 1 aliphatic heterocycles. The highest BCUT2D eigenvalue weighted by Crippen LogP contribution is 2.36. The first-order valence-corrected chi connectivity index (χ1v) is 7.92. The van der Waals surface area contributed by atoms with Crippen LogP contribution in [0.3, 0.4) is 0 Å². The van der Waals surface area contributed by atoms with E-state index >= 15 is 0 Å². The van der Waals surface area contributed by atoms with Gasteiger partial charge >= 0.3 is 7.12 Å². The fourth-order valence-electron chi connectivity index (χ4n) is 2.43. The van der Waals surface area contributed by atoms with Gasteiger partial charge in [0.15, 0.2) is 0 Å². The van der Waals surface area contributed by atoms with Crippen molar-refractivity contribution < 1.29 is 24.4 Å². The Hall–Kier alpha value is -2.10. The van der Waals surface area contributed by atoms with Crippen molar-refractivity contribution in [2.75, 3.05) is 0 Å². The van der Waals surface area contributed by atoms with E-state index in [1.165, 1.54) is 0 Å². The van der Waals surface area contributed by atoms with Gasteiger partial charge in [-0.2, -0.15) is 0 Å². The third kappa shape index (κ3) is 2.88. The van der Waals surface area contributed by atoms with E-state index in [4.69, 9.17) is 24.4 Å². The first-order valence-electron chi connectivity index (χ1n) is 13.4. The Morgan fingerprint density at radius 1 is 0.720 bits per heavy atom. The van der Waals surface area contributed by atoms with Crippen molar-refractivity contribution in [1.82, 2.24) is 0 Å². The highest BCUT2D eigenvalue weighted by Gasteiger charge is 2.51. The standard InChI is InChI=1S/C22H23BO2/c1-21(2)22(3,4)25-23(24-21)20-13-11-17(12-14-20)19-10-9-16-7-5-6-8-18(16)15-19/h5-15H,1-4H3/i5D,6D,7D,8D,9D,10D,11D,12D,13D,14D,15D. The van der Waals surface area contributed by atoms with Crippen molar-refractivity contribution in [2.45, 2.75) is 38.9 Å². The Labute approximate surface area is 165 Å². The molecule has 0 saturated carbocycles. The van der Waals surface area contributed by atoms with Gasteiger partial charge < -0.3 is 9.31 Å². The van der Waals surface area contributed by atoms with Crippen LogP contribution in [0.1, 0.15) is 42.8 Å². The van der Waals surface area contributed by atoms with Crippen LogP contribution in [-0.4, -0.2) is 18.3 Å². The van der Waals surface area contributed by atoms with Crippen molar-refractivity contribution in [3.05, 3.63) is 66.5 Å². The summed E-state index contributed by atoms with van der Waals surface area (Å²) < 4.78 is 104. The largest absolute Gasteiger partial charge is 0.494 e. The molecule has 0 unspecified atom stereocenters. The molecule has 3 aromatic carbocycles. The van der Waals surface area contributed by atoms with E-state index in [0.717, 1.165) is 0 Å². The molecular formula is C22H23BO2. The fraction of sp³-hybridized carbons (Fsp3) is 0.273. The molecule has 1 fully saturated rings. The smallest absolute Gasteiger partial charge is 0.399 e. The van der Waals surface area contributed by atoms with Crippen LogP contribution in [0.2, 0.25) is 0 Å². The van der Waals surface area contributed by atoms with Crippen LogP contribution in [0.15, 0.2) is 66.5 Å². The van der Waals surface area contributed by atoms with Crippen LogP contribution < -0.4 is 5.46 Å². The highest BCUT2D eigenvalue weighted by molar-refractivity contribution is 6.62. The Balaban J connectivity index is 2.07. The van der Waals surface area contributed by atoms with Crippen molar-refractivity contribution in [3.8, 4) is 11.1 Å². The molecule has 0 aliphatic carbocycles. The maximum Gasteiger partial charge on any atom is 0.494 e. The van der Waals surface area contributed by atoms with E-state index in [0.29, 0.717) is 0 Å². The summed E-state index contributed by atoms with van der Waals surface area (Å²) in [5.74, 6) is 0. The molecule has 3 aromatic rings. The minimum Gasteiger partial charge on any atom is -0.399 e. The molecule has 25 heavy (non-hydrogen) atoms. The number of hydrogen-bond donors (Lipinski definition) is 0. The second kappa shape index (κ2) is 5.72. The predicted octanol–water partition coefficient (Wildman–Crippen LogP) is 4.81. The minimum atomic E-state index is -1.20. The van der Waals surface area contributed by atoms with Gasteiger partial charge in [-0.1, -0.05) is 60.4 Å². The molecule has 1 aliphatic rings. The molecule has 0 radical (unpaired) electrons. The average molecular weight is 341 g/mol. The summed E-state index contributed by atoms with van der Waals surface area (Å²) in [6.07, 6.45) is 0. The lowest BCUT2D eigenvalue weighted by Gasteiger charge is -2.32. The number of fused-ring (bicyclic) bond motifs is 1. The van der Waals surface area contributed by atoms with Crippen molar-refractivity contribution >= 4 is 23.4 Å². The quantitative estimate of drug-likeness (QED) is 0.623. The van der Waals surface area contributed by atoms with Crippen molar-refractivity contribution in [1.29, 1.82) is 0 Å². The molecule has 0 aromatic heterocycles. The van der Waals surface area contributed by atoms with Crippen molar-refractivity contribution in [2.24, 2.45) is 0 Å². The van der Waals surface area contributed by atoms with Gasteiger partial charge in [-0.05, 0) is 61.1 Å². The summed E-state index contributed by atoms with van der Waals surface area (Å²) in [7, 11) is -1.20. The Bertz CT molecular complexity index is 1420. The molecule has 3 heteroatoms. The summed E-state index contributed by atoms with van der Waals surface area (Å²) in [6, 6.07) is -6.36. The normalized spacial score (nSPS) is 24.8. The molecule has 0 amide bonds. The third-order valence-electron chi connectivity index (χ3n) is 4.63. The van der Waals surface area contributed by atoms with Crippen LogP contribution in [-0.2, 0) is 9.31 Å². The highest BCUT2D eigenvalue weighted by atomic mass is 16.7. The first-order chi connectivity index (χ1) is 16.5. The zero-order chi connectivity index (χ0) is 27.2. The summed E-state index contributed by atoms with van der Waals surface area (Å²) in [5.41, 5.74) is -2.58. The van der Waals surface area contributed by atoms with Gasteiger partial charge in [-0.25, -0.2) is 0 Å². The summed E-state index contributed by atoms with van der Waals surface area (Å²) in [6.45, 7) is 7.12. The van der Waals surface area contributed by atoms with Gasteiger partial charge in [-0.15, -0.1) is 0 Å². The molecule has 1 saturated heterocycles. The average Bonchev–Trinajstić information content (AvgIpc) is 3.00. The molecule has 4 rings (SSSR count). The van der Waals surface area contributed by atoms with Gasteiger partial charge in [0.1, 0.15) is 0 Å². The van der Waals surface area contributed by atoms with Crippen LogP contribution >= 0.6 is 0 Å². The van der Waals surface area contributed by atoms with Crippen LogP contribution in [0.4, 0.5) is 0 Å². The maximum absolute atomic E-state index is 8.69. The van der Waals surface area contributed by atoms with E-state index in [2.05, 4.69) is 0 Å². The topological polar surface area (TPSA) is 18.5 Å². The molecule has 0 spiro atoms. The lowest BCUT2D eigenvalue weighted by Crippen LogP contribution is -2.41. The van der Waals surface area contributed by atoms with E-state index in [9.17, 15) is 0 Å². The Morgan fingerprint density at radius 3 is 1.92 bits per heavy atom. The zero-order valence-corrected chi connectivity index (χ0v) is 14.4. The summed E-state index contributed by atoms with van der Waals surface area (Å²) >= 11 is 0. The summed E-state index contributed by atoms with van der Waals surface area (Å²) in [4.78, 5) is 0. The van der Waals surface area contributed by atoms with E-state index < -0.39 is 95.9 Å². The maximum atomic E-state index is 8.69. The van der Waals surface area contributed by atoms with Crippen LogP contribution in [0.25, 0.3) is 21.9 Å². The zero-order valence-electron chi connectivity index (χ0n) is 25.4. The molecular weight excluding hydrogens is 307 g/mol. The van der Waals surface area contributed by atoms with Gasteiger partial charge in [-0.3, -0.25) is 0 Å². The monoisotopic (exact) mass is 341 g/mol. The van der Waals surface area contributed by atoms with E-state index in [1.807, 2.05) is 0 Å². The van der Waals surface area contributed by atoms with Crippen LogP contribution in [0, 0.1) is 0 Å². The Morgan fingerprint density at radius 2 is 1.28 bits per heavy atom. The number of hydrogen-bond acceptors (Lipinski definition) is 2. The molecule has 0 N–H and O–H groups in total. The SMILES string of the molecule is [2H]c1c([2H])c(-c2c([2H])c([2H])c3c([2H])c([2H])c([2H])c([2H])c3c2[2H])c([2H])c([2H])c1B1OC(C)(C)C(C)(C)O1. The molecule has 126 valence electrons. The predicted molar refractivity (Wildman–Crippen MR) is 105 cm³/mol. The molecule has 0 atom stereocenters. The van der Waals surface area contributed by atoms with Gasteiger partial charge in [0.05, 0.1) is 26.3 Å². The third-order valence-corrected chi connectivity index (χ3v) is 4.63. The number of rotatable bonds is 2. The number of benzene rings is 3. The van der Waals surface area contributed by atoms with Crippen LogP contribution in [0.5, 0.6) is 0 Å². The van der Waals surface area contributed by atoms with Crippen molar-refractivity contribution in [3.63, 3.8) is 0 Å². The summed E-state index contributed by atoms with van der Waals surface area (Å²) in [5, 5.41) is -0.646. The lowest BCUT2D eigenvalue weighted by molar-refractivity contribution is 0.00578.